The number of rotatable bonds is 7. The van der Waals surface area contributed by atoms with E-state index in [4.69, 9.17) is 42.5 Å². The lowest BCUT2D eigenvalue weighted by Gasteiger charge is -2.31. The highest BCUT2D eigenvalue weighted by Crippen LogP contribution is 2.39. The van der Waals surface area contributed by atoms with Crippen LogP contribution in [0.3, 0.4) is 0 Å². The number of thiazole rings is 1. The van der Waals surface area contributed by atoms with Gasteiger partial charge in [-0.15, -0.1) is 11.3 Å². The molecule has 1 atom stereocenters. The molecule has 1 aromatic carbocycles. The lowest BCUT2D eigenvalue weighted by atomic mass is 9.97. The Bertz CT molecular complexity index is 1260. The van der Waals surface area contributed by atoms with E-state index in [0.717, 1.165) is 34.8 Å². The van der Waals surface area contributed by atoms with Gasteiger partial charge in [-0.3, -0.25) is 4.79 Å². The number of amides is 1. The molecule has 0 saturated carbocycles. The zero-order chi connectivity index (χ0) is 25.1. The molecule has 0 aliphatic carbocycles. The second kappa shape index (κ2) is 11.0. The van der Waals surface area contributed by atoms with Crippen molar-refractivity contribution in [2.24, 2.45) is 5.16 Å². The Hall–Kier alpha value is -2.95. The molecule has 188 valence electrons. The normalized spacial score (nSPS) is 18.0. The maximum atomic E-state index is 12.6. The van der Waals surface area contributed by atoms with E-state index in [2.05, 4.69) is 15.1 Å². The molecule has 1 fully saturated rings. The van der Waals surface area contributed by atoms with Gasteiger partial charge in [0, 0.05) is 46.4 Å². The molecule has 0 bridgehead atoms. The van der Waals surface area contributed by atoms with Gasteiger partial charge in [0.25, 0.3) is 5.91 Å². The molecule has 2 aromatic heterocycles. The molecule has 2 aliphatic rings. The van der Waals surface area contributed by atoms with Crippen molar-refractivity contribution in [3.63, 3.8) is 0 Å². The number of hydrogen-bond donors (Lipinski definition) is 0. The molecule has 36 heavy (non-hydrogen) atoms. The van der Waals surface area contributed by atoms with Crippen LogP contribution in [0.25, 0.3) is 0 Å². The maximum absolute atomic E-state index is 12.6. The number of hydrogen-bond acceptors (Lipinski definition) is 9. The van der Waals surface area contributed by atoms with Crippen molar-refractivity contribution in [3.8, 4) is 11.8 Å². The van der Waals surface area contributed by atoms with Gasteiger partial charge in [-0.2, -0.15) is 0 Å². The number of nitrogens with zero attached hydrogens (tertiary/aromatic N) is 5. The maximum Gasteiger partial charge on any atom is 0.260 e. The molecular weight excluding hydrogens is 525 g/mol. The van der Waals surface area contributed by atoms with Crippen LogP contribution in [0.15, 0.2) is 41.1 Å². The number of benzene rings is 1. The van der Waals surface area contributed by atoms with Gasteiger partial charge in [0.1, 0.15) is 12.0 Å². The summed E-state index contributed by atoms with van der Waals surface area (Å²) >= 11 is 14.3. The first-order valence-electron chi connectivity index (χ1n) is 11.4. The van der Waals surface area contributed by atoms with E-state index in [9.17, 15) is 4.79 Å². The number of halogens is 2. The molecule has 9 nitrogen and oxygen atoms in total. The van der Waals surface area contributed by atoms with Gasteiger partial charge in [0.2, 0.25) is 11.8 Å². The van der Waals surface area contributed by atoms with Gasteiger partial charge in [0.15, 0.2) is 12.7 Å². The SMILES string of the molecule is COc1cc(OCC(=O)N2CCC(c3nc(C4=NOC(c5c(Cl)cccc5Cl)C4)cs3)CC2)ncn1. The average molecular weight is 548 g/mol. The van der Waals surface area contributed by atoms with Crippen molar-refractivity contribution >= 4 is 46.2 Å². The van der Waals surface area contributed by atoms with E-state index < -0.39 is 0 Å². The monoisotopic (exact) mass is 547 g/mol. The number of aromatic nitrogens is 3. The molecule has 3 aromatic rings. The Balaban J connectivity index is 1.13. The largest absolute Gasteiger partial charge is 0.481 e. The van der Waals surface area contributed by atoms with Gasteiger partial charge in [0.05, 0.1) is 23.9 Å². The average Bonchev–Trinajstić information content (AvgIpc) is 3.58. The van der Waals surface area contributed by atoms with E-state index >= 15 is 0 Å². The fourth-order valence-electron chi connectivity index (χ4n) is 4.23. The van der Waals surface area contributed by atoms with Crippen LogP contribution in [0.4, 0.5) is 0 Å². The van der Waals surface area contributed by atoms with Crippen LogP contribution in [0.1, 0.15) is 47.5 Å². The smallest absolute Gasteiger partial charge is 0.260 e. The van der Waals surface area contributed by atoms with Crippen LogP contribution in [-0.2, 0) is 9.63 Å². The number of piperidine rings is 1. The van der Waals surface area contributed by atoms with E-state index in [1.165, 1.54) is 13.4 Å². The van der Waals surface area contributed by atoms with Crippen molar-refractivity contribution in [1.82, 2.24) is 19.9 Å². The third-order valence-corrected chi connectivity index (χ3v) is 7.84. The molecule has 12 heteroatoms. The summed E-state index contributed by atoms with van der Waals surface area (Å²) in [7, 11) is 1.51. The van der Waals surface area contributed by atoms with Crippen LogP contribution in [-0.4, -0.2) is 58.3 Å². The molecule has 4 heterocycles. The first-order chi connectivity index (χ1) is 17.5. The molecule has 0 spiro atoms. The van der Waals surface area contributed by atoms with Gasteiger partial charge in [-0.05, 0) is 25.0 Å². The van der Waals surface area contributed by atoms with Gasteiger partial charge >= 0.3 is 0 Å². The van der Waals surface area contributed by atoms with Crippen LogP contribution < -0.4 is 9.47 Å². The van der Waals surface area contributed by atoms with Crippen molar-refractivity contribution in [2.75, 3.05) is 26.8 Å². The predicted molar refractivity (Wildman–Crippen MR) is 136 cm³/mol. The van der Waals surface area contributed by atoms with Crippen LogP contribution >= 0.6 is 34.5 Å². The summed E-state index contributed by atoms with van der Waals surface area (Å²) in [6.07, 6.45) is 3.23. The molecular formula is C24H23Cl2N5O4S. The van der Waals surface area contributed by atoms with E-state index in [0.29, 0.717) is 41.3 Å². The van der Waals surface area contributed by atoms with E-state index in [1.54, 1.807) is 35.6 Å². The van der Waals surface area contributed by atoms with Crippen molar-refractivity contribution in [1.29, 1.82) is 0 Å². The van der Waals surface area contributed by atoms with Gasteiger partial charge < -0.3 is 19.2 Å². The second-order valence-electron chi connectivity index (χ2n) is 8.38. The minimum absolute atomic E-state index is 0.0763. The van der Waals surface area contributed by atoms with Crippen molar-refractivity contribution in [3.05, 3.63) is 62.3 Å². The van der Waals surface area contributed by atoms with Crippen LogP contribution in [0.5, 0.6) is 11.8 Å². The number of ether oxygens (including phenoxy) is 2. The Labute approximate surface area is 222 Å². The lowest BCUT2D eigenvalue weighted by molar-refractivity contribution is -0.134. The Morgan fingerprint density at radius 2 is 1.94 bits per heavy atom. The highest BCUT2D eigenvalue weighted by atomic mass is 35.5. The molecule has 0 radical (unpaired) electrons. The predicted octanol–water partition coefficient (Wildman–Crippen LogP) is 4.90. The third kappa shape index (κ3) is 5.40. The summed E-state index contributed by atoms with van der Waals surface area (Å²) in [6, 6.07) is 6.94. The summed E-state index contributed by atoms with van der Waals surface area (Å²) in [5, 5.41) is 8.43. The number of likely N-dealkylation sites (tertiary alicyclic amines) is 1. The number of carbonyl (C=O) groups is 1. The Morgan fingerprint density at radius 3 is 2.69 bits per heavy atom. The van der Waals surface area contributed by atoms with E-state index in [1.807, 2.05) is 10.3 Å². The van der Waals surface area contributed by atoms with Gasteiger partial charge in [-0.25, -0.2) is 15.0 Å². The summed E-state index contributed by atoms with van der Waals surface area (Å²) in [5.74, 6) is 0.900. The summed E-state index contributed by atoms with van der Waals surface area (Å²) in [6.45, 7) is 1.21. The first-order valence-corrected chi connectivity index (χ1v) is 13.0. The number of methoxy groups -OCH3 is 1. The van der Waals surface area contributed by atoms with Crippen molar-refractivity contribution < 1.29 is 19.1 Å². The third-order valence-electron chi connectivity index (χ3n) is 6.17. The first kappa shape index (κ1) is 24.7. The summed E-state index contributed by atoms with van der Waals surface area (Å²) in [4.78, 5) is 32.8. The molecule has 0 N–H and O–H groups in total. The zero-order valence-corrected chi connectivity index (χ0v) is 21.7. The van der Waals surface area contributed by atoms with Crippen LogP contribution in [0, 0.1) is 0 Å². The van der Waals surface area contributed by atoms with Gasteiger partial charge in [-0.1, -0.05) is 34.4 Å². The van der Waals surface area contributed by atoms with Crippen LogP contribution in [0.2, 0.25) is 10.0 Å². The number of oxime groups is 1. The quantitative estimate of drug-likeness (QED) is 0.414. The molecule has 5 rings (SSSR count). The molecule has 1 saturated heterocycles. The fraction of sp³-hybridized carbons (Fsp3) is 0.375. The standard InChI is InChI=1S/C24H23Cl2N5O4S/c1-33-20-10-21(28-13-27-20)34-11-22(32)31-7-5-14(6-8-31)24-29-18(12-36-24)17-9-19(35-30-17)23-15(25)3-2-4-16(23)26/h2-4,10,12-14,19H,5-9,11H2,1H3. The van der Waals surface area contributed by atoms with Crippen molar-refractivity contribution in [2.45, 2.75) is 31.3 Å². The Morgan fingerprint density at radius 1 is 1.19 bits per heavy atom. The highest BCUT2D eigenvalue weighted by Gasteiger charge is 2.30. The number of carbonyl (C=O) groups excluding carboxylic acids is 1. The molecule has 2 aliphatic heterocycles. The molecule has 1 unspecified atom stereocenters. The Kier molecular flexibility index (Phi) is 7.54. The topological polar surface area (TPSA) is 99.0 Å². The lowest BCUT2D eigenvalue weighted by Crippen LogP contribution is -2.40. The molecule has 1 amide bonds. The fourth-order valence-corrected chi connectivity index (χ4v) is 5.87. The highest BCUT2D eigenvalue weighted by molar-refractivity contribution is 7.10. The van der Waals surface area contributed by atoms with E-state index in [-0.39, 0.29) is 24.5 Å². The summed E-state index contributed by atoms with van der Waals surface area (Å²) in [5.41, 5.74) is 2.34. The minimum atomic E-state index is -0.328. The zero-order valence-electron chi connectivity index (χ0n) is 19.4. The minimum Gasteiger partial charge on any atom is -0.481 e. The second-order valence-corrected chi connectivity index (χ2v) is 10.1. The summed E-state index contributed by atoms with van der Waals surface area (Å²) < 4.78 is 10.6.